The van der Waals surface area contributed by atoms with Gasteiger partial charge in [0.15, 0.2) is 0 Å². The summed E-state index contributed by atoms with van der Waals surface area (Å²) in [4.78, 5) is 14.8. The van der Waals surface area contributed by atoms with Gasteiger partial charge in [-0.3, -0.25) is 14.4 Å². The van der Waals surface area contributed by atoms with E-state index in [1.54, 1.807) is 28.9 Å². The van der Waals surface area contributed by atoms with E-state index in [4.69, 9.17) is 0 Å². The minimum Gasteiger partial charge on any atom is -0.296 e. The summed E-state index contributed by atoms with van der Waals surface area (Å²) < 4.78 is 27.9. The predicted molar refractivity (Wildman–Crippen MR) is 100 cm³/mol. The Balaban J connectivity index is 1.92. The van der Waals surface area contributed by atoms with Crippen molar-refractivity contribution < 1.29 is 13.2 Å². The Kier molecular flexibility index (Phi) is 5.15. The Morgan fingerprint density at radius 3 is 2.62 bits per heavy atom. The van der Waals surface area contributed by atoms with Gasteiger partial charge in [-0.15, -0.1) is 0 Å². The van der Waals surface area contributed by atoms with Crippen LogP contribution in [0.1, 0.15) is 24.0 Å². The van der Waals surface area contributed by atoms with E-state index in [0.29, 0.717) is 18.8 Å². The molecular weight excluding hydrogens is 352 g/mol. The third-order valence-electron chi connectivity index (χ3n) is 4.84. The lowest BCUT2D eigenvalue weighted by molar-refractivity contribution is -0.123. The lowest BCUT2D eigenvalue weighted by Gasteiger charge is -2.37. The number of nitrogens with zero attached hydrogens (tertiary/aromatic N) is 4. The highest BCUT2D eigenvalue weighted by atomic mass is 32.2. The standard InChI is InChI=1S/C18H24N4O3S/c1-14-7-4-5-8-15(14)13-22(26(3,24)25)16-9-6-12-21(18(16)23)17-10-11-19-20(17)2/h4-5,7-8,10-11,16H,6,9,12-13H2,1-3H3. The van der Waals surface area contributed by atoms with Crippen molar-refractivity contribution in [3.8, 4) is 0 Å². The van der Waals surface area contributed by atoms with E-state index in [-0.39, 0.29) is 12.5 Å². The molecule has 0 aliphatic carbocycles. The average molecular weight is 376 g/mol. The second-order valence-electron chi connectivity index (χ2n) is 6.70. The third-order valence-corrected chi connectivity index (χ3v) is 6.08. The molecule has 3 rings (SSSR count). The van der Waals surface area contributed by atoms with E-state index in [9.17, 15) is 13.2 Å². The van der Waals surface area contributed by atoms with Gasteiger partial charge in [0, 0.05) is 26.2 Å². The molecule has 140 valence electrons. The van der Waals surface area contributed by atoms with Crippen molar-refractivity contribution in [3.63, 3.8) is 0 Å². The van der Waals surface area contributed by atoms with Gasteiger partial charge in [0.2, 0.25) is 15.9 Å². The summed E-state index contributed by atoms with van der Waals surface area (Å²) in [6.45, 7) is 2.71. The highest BCUT2D eigenvalue weighted by molar-refractivity contribution is 7.88. The van der Waals surface area contributed by atoms with Crippen LogP contribution in [0.25, 0.3) is 0 Å². The minimum absolute atomic E-state index is 0.196. The summed E-state index contributed by atoms with van der Waals surface area (Å²) in [5.41, 5.74) is 1.91. The van der Waals surface area contributed by atoms with Crippen molar-refractivity contribution in [2.75, 3.05) is 17.7 Å². The second-order valence-corrected chi connectivity index (χ2v) is 8.63. The zero-order valence-corrected chi connectivity index (χ0v) is 16.1. The van der Waals surface area contributed by atoms with Crippen molar-refractivity contribution in [2.24, 2.45) is 7.05 Å². The number of anilines is 1. The van der Waals surface area contributed by atoms with Crippen LogP contribution in [-0.2, 0) is 28.4 Å². The van der Waals surface area contributed by atoms with E-state index in [1.807, 2.05) is 31.2 Å². The lowest BCUT2D eigenvalue weighted by atomic mass is 10.0. The maximum Gasteiger partial charge on any atom is 0.246 e. The fourth-order valence-electron chi connectivity index (χ4n) is 3.40. The third kappa shape index (κ3) is 3.66. The maximum absolute atomic E-state index is 13.1. The molecular formula is C18H24N4O3S. The Hall–Kier alpha value is -2.19. The zero-order valence-electron chi connectivity index (χ0n) is 15.3. The van der Waals surface area contributed by atoms with Crippen LogP contribution < -0.4 is 4.90 Å². The molecule has 1 amide bonds. The fraction of sp³-hybridized carbons (Fsp3) is 0.444. The number of hydrogen-bond acceptors (Lipinski definition) is 4. The molecule has 1 unspecified atom stereocenters. The van der Waals surface area contributed by atoms with Crippen LogP contribution in [-0.4, -0.2) is 47.3 Å². The normalized spacial score (nSPS) is 18.5. The molecule has 2 heterocycles. The van der Waals surface area contributed by atoms with E-state index in [0.717, 1.165) is 17.5 Å². The molecule has 1 aromatic carbocycles. The minimum atomic E-state index is -3.55. The Morgan fingerprint density at radius 1 is 1.27 bits per heavy atom. The van der Waals surface area contributed by atoms with E-state index >= 15 is 0 Å². The van der Waals surface area contributed by atoms with Crippen LogP contribution in [0.4, 0.5) is 5.82 Å². The van der Waals surface area contributed by atoms with Crippen molar-refractivity contribution in [1.29, 1.82) is 0 Å². The number of hydrogen-bond donors (Lipinski definition) is 0. The van der Waals surface area contributed by atoms with Crippen LogP contribution in [0.2, 0.25) is 0 Å². The van der Waals surface area contributed by atoms with Crippen molar-refractivity contribution in [3.05, 3.63) is 47.7 Å². The van der Waals surface area contributed by atoms with Crippen LogP contribution >= 0.6 is 0 Å². The van der Waals surface area contributed by atoms with Gasteiger partial charge in [-0.2, -0.15) is 9.40 Å². The van der Waals surface area contributed by atoms with Gasteiger partial charge in [0.1, 0.15) is 11.9 Å². The maximum atomic E-state index is 13.1. The van der Waals surface area contributed by atoms with Gasteiger partial charge in [-0.25, -0.2) is 8.42 Å². The Morgan fingerprint density at radius 2 is 2.00 bits per heavy atom. The first kappa shape index (κ1) is 18.6. The van der Waals surface area contributed by atoms with Crippen molar-refractivity contribution in [1.82, 2.24) is 14.1 Å². The number of carbonyl (C=O) groups is 1. The molecule has 8 heteroatoms. The van der Waals surface area contributed by atoms with Gasteiger partial charge < -0.3 is 0 Å². The molecule has 7 nitrogen and oxygen atoms in total. The first-order valence-electron chi connectivity index (χ1n) is 8.60. The molecule has 0 N–H and O–H groups in total. The summed E-state index contributed by atoms with van der Waals surface area (Å²) >= 11 is 0. The topological polar surface area (TPSA) is 75.5 Å². The molecule has 26 heavy (non-hydrogen) atoms. The van der Waals surface area contributed by atoms with E-state index in [1.165, 1.54) is 10.6 Å². The molecule has 1 saturated heterocycles. The average Bonchev–Trinajstić information content (AvgIpc) is 3.00. The first-order valence-corrected chi connectivity index (χ1v) is 10.4. The Bertz CT molecular complexity index is 907. The summed E-state index contributed by atoms with van der Waals surface area (Å²) in [7, 11) is -1.78. The molecule has 0 bridgehead atoms. The van der Waals surface area contributed by atoms with Gasteiger partial charge in [-0.1, -0.05) is 24.3 Å². The number of piperidine rings is 1. The summed E-state index contributed by atoms with van der Waals surface area (Å²) in [5.74, 6) is 0.489. The first-order chi connectivity index (χ1) is 12.3. The lowest BCUT2D eigenvalue weighted by Crippen LogP contribution is -2.54. The fourth-order valence-corrected chi connectivity index (χ4v) is 4.43. The SMILES string of the molecule is Cc1ccccc1CN(C1CCCN(c2ccnn2C)C1=O)S(C)(=O)=O. The number of carbonyl (C=O) groups excluding carboxylic acids is 1. The summed E-state index contributed by atoms with van der Waals surface area (Å²) in [6.07, 6.45) is 4.06. The van der Waals surface area contributed by atoms with Crippen LogP contribution in [0.3, 0.4) is 0 Å². The number of rotatable bonds is 5. The summed E-state index contributed by atoms with van der Waals surface area (Å²) in [5, 5.41) is 4.12. The number of benzene rings is 1. The van der Waals surface area contributed by atoms with Gasteiger partial charge >= 0.3 is 0 Å². The highest BCUT2D eigenvalue weighted by Crippen LogP contribution is 2.26. The van der Waals surface area contributed by atoms with Crippen LogP contribution in [0, 0.1) is 6.92 Å². The smallest absolute Gasteiger partial charge is 0.246 e. The molecule has 1 aliphatic rings. The number of aromatic nitrogens is 2. The molecule has 0 saturated carbocycles. The summed E-state index contributed by atoms with van der Waals surface area (Å²) in [6, 6.07) is 8.72. The van der Waals surface area contributed by atoms with Crippen molar-refractivity contribution in [2.45, 2.75) is 32.4 Å². The largest absolute Gasteiger partial charge is 0.296 e. The van der Waals surface area contributed by atoms with Crippen molar-refractivity contribution >= 4 is 21.7 Å². The van der Waals surface area contributed by atoms with Gasteiger partial charge in [-0.05, 0) is 30.9 Å². The molecule has 1 fully saturated rings. The van der Waals surface area contributed by atoms with Crippen LogP contribution in [0.15, 0.2) is 36.5 Å². The molecule has 0 radical (unpaired) electrons. The molecule has 2 aromatic rings. The molecule has 1 aromatic heterocycles. The van der Waals surface area contributed by atoms with Gasteiger partial charge in [0.05, 0.1) is 12.5 Å². The molecule has 1 aliphatic heterocycles. The van der Waals surface area contributed by atoms with E-state index in [2.05, 4.69) is 5.10 Å². The Labute approximate surface area is 154 Å². The molecule has 0 spiro atoms. The monoisotopic (exact) mass is 376 g/mol. The zero-order chi connectivity index (χ0) is 18.9. The number of amides is 1. The quantitative estimate of drug-likeness (QED) is 0.796. The molecule has 1 atom stereocenters. The highest BCUT2D eigenvalue weighted by Gasteiger charge is 2.38. The number of sulfonamides is 1. The number of aryl methyl sites for hydroxylation is 2. The van der Waals surface area contributed by atoms with Gasteiger partial charge in [0.25, 0.3) is 0 Å². The van der Waals surface area contributed by atoms with Crippen LogP contribution in [0.5, 0.6) is 0 Å². The predicted octanol–water partition coefficient (Wildman–Crippen LogP) is 1.69. The van der Waals surface area contributed by atoms with E-state index < -0.39 is 16.1 Å². The second kappa shape index (κ2) is 7.20.